The van der Waals surface area contributed by atoms with Gasteiger partial charge in [-0.3, -0.25) is 4.79 Å². The molecule has 0 spiro atoms. The standard InChI is InChI=1S/C31H38F3N5O2/c1-20(2)36-29(40)22-8-5-7-21(17-22)28-18-35-30(41-28)38-27-11-4-3-10-26(27)37-24-9-6-16-39(19-24)25-14-12-23(13-15-25)31(32,33)34/h5,7-8,12-15,17-18,20,24,26-27,37H,3-4,6,9-11,16,19H2,1-2H3,(H,35,38)(H,36,40)/t24-,26+,27+/m0/s1. The van der Waals surface area contributed by atoms with Crippen LogP contribution < -0.4 is 20.9 Å². The first-order chi connectivity index (χ1) is 19.7. The fraction of sp³-hybridized carbons (Fsp3) is 0.484. The Morgan fingerprint density at radius 2 is 1.78 bits per heavy atom. The van der Waals surface area contributed by atoms with E-state index < -0.39 is 11.7 Å². The molecular formula is C31H38F3N5O2. The number of oxazole rings is 1. The minimum absolute atomic E-state index is 0.0470. The van der Waals surface area contributed by atoms with E-state index in [1.807, 2.05) is 26.0 Å². The maximum Gasteiger partial charge on any atom is 0.416 e. The van der Waals surface area contributed by atoms with E-state index in [1.165, 1.54) is 0 Å². The third-order valence-electron chi connectivity index (χ3n) is 7.84. The third kappa shape index (κ3) is 7.41. The molecular weight excluding hydrogens is 531 g/mol. The van der Waals surface area contributed by atoms with Gasteiger partial charge in [0, 0.05) is 54.1 Å². The molecule has 5 rings (SSSR count). The Morgan fingerprint density at radius 3 is 2.51 bits per heavy atom. The molecule has 1 saturated heterocycles. The van der Waals surface area contributed by atoms with E-state index in [1.54, 1.807) is 30.5 Å². The van der Waals surface area contributed by atoms with Crippen molar-refractivity contribution < 1.29 is 22.4 Å². The average molecular weight is 570 g/mol. The molecule has 1 aliphatic heterocycles. The molecule has 41 heavy (non-hydrogen) atoms. The van der Waals surface area contributed by atoms with Crippen molar-refractivity contribution in [3.63, 3.8) is 0 Å². The Morgan fingerprint density at radius 1 is 1.02 bits per heavy atom. The van der Waals surface area contributed by atoms with Crippen molar-refractivity contribution in [1.82, 2.24) is 15.6 Å². The van der Waals surface area contributed by atoms with Gasteiger partial charge in [0.1, 0.15) is 0 Å². The fourth-order valence-electron chi connectivity index (χ4n) is 5.81. The highest BCUT2D eigenvalue weighted by molar-refractivity contribution is 5.95. The average Bonchev–Trinajstić information content (AvgIpc) is 3.42. The summed E-state index contributed by atoms with van der Waals surface area (Å²) in [4.78, 5) is 19.1. The fourth-order valence-corrected chi connectivity index (χ4v) is 5.81. The number of aromatic nitrogens is 1. The van der Waals surface area contributed by atoms with Gasteiger partial charge in [-0.05, 0) is 75.9 Å². The smallest absolute Gasteiger partial charge is 0.416 e. The zero-order chi connectivity index (χ0) is 29.0. The largest absolute Gasteiger partial charge is 0.424 e. The molecule has 1 saturated carbocycles. The summed E-state index contributed by atoms with van der Waals surface area (Å²) in [6.45, 7) is 5.42. The highest BCUT2D eigenvalue weighted by atomic mass is 19.4. The highest BCUT2D eigenvalue weighted by Crippen LogP contribution is 2.32. The lowest BCUT2D eigenvalue weighted by atomic mass is 9.89. The van der Waals surface area contributed by atoms with E-state index in [2.05, 4.69) is 25.8 Å². The normalized spacial score (nSPS) is 21.6. The molecule has 2 aliphatic rings. The van der Waals surface area contributed by atoms with E-state index >= 15 is 0 Å². The van der Waals surface area contributed by atoms with Crippen molar-refractivity contribution in [2.75, 3.05) is 23.3 Å². The van der Waals surface area contributed by atoms with Gasteiger partial charge in [0.25, 0.3) is 11.9 Å². The van der Waals surface area contributed by atoms with Crippen LogP contribution in [-0.4, -0.2) is 48.1 Å². The number of nitrogens with one attached hydrogen (secondary N) is 3. The lowest BCUT2D eigenvalue weighted by Crippen LogP contribution is -2.54. The summed E-state index contributed by atoms with van der Waals surface area (Å²) in [5, 5.41) is 10.2. The van der Waals surface area contributed by atoms with Crippen molar-refractivity contribution in [2.45, 2.75) is 82.7 Å². The SMILES string of the molecule is CC(C)NC(=O)c1cccc(-c2cnc(N[C@@H]3CCCC[C@H]3N[C@H]3CCCN(c4ccc(C(F)(F)F)cc4)C3)o2)c1. The number of piperidine rings is 1. The molecule has 0 radical (unpaired) electrons. The monoisotopic (exact) mass is 569 g/mol. The molecule has 3 atom stereocenters. The maximum atomic E-state index is 13.0. The molecule has 7 nitrogen and oxygen atoms in total. The summed E-state index contributed by atoms with van der Waals surface area (Å²) in [7, 11) is 0. The van der Waals surface area contributed by atoms with Gasteiger partial charge >= 0.3 is 6.18 Å². The molecule has 3 aromatic rings. The first kappa shape index (κ1) is 29.0. The minimum Gasteiger partial charge on any atom is -0.424 e. The number of carbonyl (C=O) groups excluding carboxylic acids is 1. The summed E-state index contributed by atoms with van der Waals surface area (Å²) >= 11 is 0. The van der Waals surface area contributed by atoms with Gasteiger partial charge in [-0.25, -0.2) is 4.98 Å². The second-order valence-electron chi connectivity index (χ2n) is 11.4. The Labute approximate surface area is 238 Å². The Kier molecular flexibility index (Phi) is 8.87. The second kappa shape index (κ2) is 12.5. The Hall–Kier alpha value is -3.53. The second-order valence-corrected chi connectivity index (χ2v) is 11.4. The Balaban J connectivity index is 1.21. The Bertz CT molecular complexity index is 1310. The van der Waals surface area contributed by atoms with Crippen molar-refractivity contribution >= 4 is 17.6 Å². The number of carbonyl (C=O) groups is 1. The molecule has 220 valence electrons. The summed E-state index contributed by atoms with van der Waals surface area (Å²) in [5.41, 5.74) is 1.55. The van der Waals surface area contributed by atoms with Crippen molar-refractivity contribution in [1.29, 1.82) is 0 Å². The first-order valence-electron chi connectivity index (χ1n) is 14.5. The zero-order valence-corrected chi connectivity index (χ0v) is 23.5. The first-order valence-corrected chi connectivity index (χ1v) is 14.5. The van der Waals surface area contributed by atoms with Gasteiger partial charge in [0.2, 0.25) is 0 Å². The molecule has 3 N–H and O–H groups in total. The lowest BCUT2D eigenvalue weighted by molar-refractivity contribution is -0.137. The maximum absolute atomic E-state index is 13.0. The van der Waals surface area contributed by atoms with E-state index in [-0.39, 0.29) is 30.1 Å². The minimum atomic E-state index is -4.33. The third-order valence-corrected chi connectivity index (χ3v) is 7.84. The number of hydrogen-bond donors (Lipinski definition) is 3. The van der Waals surface area contributed by atoms with Crippen molar-refractivity contribution in [3.05, 3.63) is 65.9 Å². The topological polar surface area (TPSA) is 82.4 Å². The molecule has 1 aromatic heterocycles. The van der Waals surface area contributed by atoms with Crippen LogP contribution >= 0.6 is 0 Å². The summed E-state index contributed by atoms with van der Waals surface area (Å²) in [5.74, 6) is 0.460. The number of nitrogens with zero attached hydrogens (tertiary/aromatic N) is 2. The lowest BCUT2D eigenvalue weighted by Gasteiger charge is -2.40. The van der Waals surface area contributed by atoms with Crippen molar-refractivity contribution in [2.24, 2.45) is 0 Å². The summed E-state index contributed by atoms with van der Waals surface area (Å²) in [6, 6.07) is 13.9. The quantitative estimate of drug-likeness (QED) is 0.288. The van der Waals surface area contributed by atoms with Crippen LogP contribution in [0.25, 0.3) is 11.3 Å². The number of anilines is 2. The van der Waals surface area contributed by atoms with Crippen LogP contribution in [0.2, 0.25) is 0 Å². The molecule has 10 heteroatoms. The van der Waals surface area contributed by atoms with Gasteiger partial charge in [-0.15, -0.1) is 0 Å². The number of hydrogen-bond acceptors (Lipinski definition) is 6. The summed E-state index contributed by atoms with van der Waals surface area (Å²) in [6.07, 6.45) is 3.59. The van der Waals surface area contributed by atoms with E-state index in [0.29, 0.717) is 17.3 Å². The van der Waals surface area contributed by atoms with Gasteiger partial charge < -0.3 is 25.3 Å². The molecule has 2 aromatic carbocycles. The number of benzene rings is 2. The number of amides is 1. The zero-order valence-electron chi connectivity index (χ0n) is 23.5. The summed E-state index contributed by atoms with van der Waals surface area (Å²) < 4.78 is 45.0. The van der Waals surface area contributed by atoms with Gasteiger partial charge in [-0.2, -0.15) is 13.2 Å². The predicted octanol–water partition coefficient (Wildman–Crippen LogP) is 6.48. The number of alkyl halides is 3. The van der Waals surface area contributed by atoms with E-state index in [0.717, 1.165) is 75.0 Å². The van der Waals surface area contributed by atoms with E-state index in [4.69, 9.17) is 4.42 Å². The van der Waals surface area contributed by atoms with Crippen LogP contribution in [-0.2, 0) is 6.18 Å². The van der Waals surface area contributed by atoms with Crippen LogP contribution in [0.5, 0.6) is 0 Å². The molecule has 1 amide bonds. The highest BCUT2D eigenvalue weighted by Gasteiger charge is 2.32. The van der Waals surface area contributed by atoms with Gasteiger partial charge in [0.15, 0.2) is 5.76 Å². The number of halogens is 3. The molecule has 1 aliphatic carbocycles. The molecule has 0 bridgehead atoms. The van der Waals surface area contributed by atoms with Crippen LogP contribution in [0, 0.1) is 0 Å². The van der Waals surface area contributed by atoms with Gasteiger partial charge in [-0.1, -0.05) is 25.0 Å². The van der Waals surface area contributed by atoms with E-state index in [9.17, 15) is 18.0 Å². The van der Waals surface area contributed by atoms with Crippen LogP contribution in [0.15, 0.2) is 59.1 Å². The number of rotatable bonds is 8. The van der Waals surface area contributed by atoms with Gasteiger partial charge in [0.05, 0.1) is 11.8 Å². The molecule has 2 heterocycles. The van der Waals surface area contributed by atoms with Crippen LogP contribution in [0.4, 0.5) is 24.9 Å². The predicted molar refractivity (Wildman–Crippen MR) is 154 cm³/mol. The van der Waals surface area contributed by atoms with Crippen molar-refractivity contribution in [3.8, 4) is 11.3 Å². The van der Waals surface area contributed by atoms with Crippen LogP contribution in [0.1, 0.15) is 68.3 Å². The van der Waals surface area contributed by atoms with Crippen LogP contribution in [0.3, 0.4) is 0 Å². The molecule has 0 unspecified atom stereocenters. The molecule has 2 fully saturated rings.